The van der Waals surface area contributed by atoms with Gasteiger partial charge in [0.2, 0.25) is 5.82 Å². The number of carboxylic acid groups (broad SMARTS) is 1. The molecule has 2 aromatic carbocycles. The van der Waals surface area contributed by atoms with Crippen LogP contribution in [-0.2, 0) is 0 Å². The molecule has 1 N–H and O–H groups in total. The summed E-state index contributed by atoms with van der Waals surface area (Å²) in [6.07, 6.45) is 0. The minimum absolute atomic E-state index is 0.0829. The Hall–Kier alpha value is -3.02. The molecular weight excluding hydrogens is 335 g/mol. The molecule has 1 heterocycles. The maximum absolute atomic E-state index is 14.8. The summed E-state index contributed by atoms with van der Waals surface area (Å²) in [5.41, 5.74) is 4.86. The maximum Gasteiger partial charge on any atom is 0.335 e. The number of hydrogen-bond acceptors (Lipinski definition) is 4. The highest BCUT2D eigenvalue weighted by atomic mass is 19.1. The highest BCUT2D eigenvalue weighted by Crippen LogP contribution is 2.33. The Morgan fingerprint density at radius 3 is 2.31 bits per heavy atom. The number of aromatic nitrogens is 2. The molecule has 0 radical (unpaired) electrons. The van der Waals surface area contributed by atoms with Gasteiger partial charge in [-0.3, -0.25) is 0 Å². The van der Waals surface area contributed by atoms with Crippen molar-refractivity contribution in [1.29, 1.82) is 0 Å². The van der Waals surface area contributed by atoms with E-state index in [-0.39, 0.29) is 28.7 Å². The standard InChI is InChI=1S/C20H19FN2O3/c1-9-6-14(8-15(7-9)20(24)25)18-22-19(26-23-18)16-12(4)10(2)11(3)13(5)17(16)21/h6-8H,1-5H3,(H,24,25). The van der Waals surface area contributed by atoms with Crippen LogP contribution in [0.3, 0.4) is 0 Å². The first-order chi connectivity index (χ1) is 12.2. The fourth-order valence-corrected chi connectivity index (χ4v) is 3.00. The smallest absolute Gasteiger partial charge is 0.335 e. The molecule has 3 aromatic rings. The summed E-state index contributed by atoms with van der Waals surface area (Å²) in [6.45, 7) is 9.13. The number of benzene rings is 2. The van der Waals surface area contributed by atoms with Gasteiger partial charge in [-0.2, -0.15) is 4.98 Å². The zero-order valence-corrected chi connectivity index (χ0v) is 15.3. The zero-order chi connectivity index (χ0) is 19.2. The summed E-state index contributed by atoms with van der Waals surface area (Å²) in [5.74, 6) is -1.11. The van der Waals surface area contributed by atoms with E-state index in [2.05, 4.69) is 10.1 Å². The van der Waals surface area contributed by atoms with Crippen LogP contribution < -0.4 is 0 Å². The second-order valence-electron chi connectivity index (χ2n) is 6.50. The summed E-state index contributed by atoms with van der Waals surface area (Å²) >= 11 is 0. The van der Waals surface area contributed by atoms with Crippen LogP contribution in [0.2, 0.25) is 0 Å². The van der Waals surface area contributed by atoms with E-state index in [9.17, 15) is 14.3 Å². The van der Waals surface area contributed by atoms with Gasteiger partial charge in [-0.05, 0) is 80.6 Å². The highest BCUT2D eigenvalue weighted by molar-refractivity contribution is 5.89. The first-order valence-electron chi connectivity index (χ1n) is 8.16. The molecule has 0 saturated heterocycles. The number of carbonyl (C=O) groups is 1. The predicted octanol–water partition coefficient (Wildman–Crippen LogP) is 4.78. The van der Waals surface area contributed by atoms with Gasteiger partial charge in [0.1, 0.15) is 5.82 Å². The Morgan fingerprint density at radius 2 is 1.65 bits per heavy atom. The van der Waals surface area contributed by atoms with Crippen LogP contribution >= 0.6 is 0 Å². The Kier molecular flexibility index (Phi) is 4.36. The van der Waals surface area contributed by atoms with Crippen LogP contribution in [0.1, 0.15) is 38.2 Å². The average molecular weight is 354 g/mol. The van der Waals surface area contributed by atoms with Crippen molar-refractivity contribution in [3.8, 4) is 22.8 Å². The second kappa shape index (κ2) is 6.37. The summed E-state index contributed by atoms with van der Waals surface area (Å²) in [4.78, 5) is 15.6. The summed E-state index contributed by atoms with van der Waals surface area (Å²) < 4.78 is 20.1. The molecule has 0 unspecified atom stereocenters. The molecule has 1 aromatic heterocycles. The van der Waals surface area contributed by atoms with Gasteiger partial charge >= 0.3 is 5.97 Å². The lowest BCUT2D eigenvalue weighted by Gasteiger charge is -2.13. The van der Waals surface area contributed by atoms with Gasteiger partial charge in [0.15, 0.2) is 0 Å². The van der Waals surface area contributed by atoms with E-state index in [1.54, 1.807) is 26.0 Å². The fraction of sp³-hybridized carbons (Fsp3) is 0.250. The topological polar surface area (TPSA) is 76.2 Å². The molecule has 26 heavy (non-hydrogen) atoms. The van der Waals surface area contributed by atoms with Gasteiger partial charge in [-0.25, -0.2) is 9.18 Å². The zero-order valence-electron chi connectivity index (χ0n) is 15.3. The van der Waals surface area contributed by atoms with Crippen LogP contribution in [0.15, 0.2) is 22.7 Å². The molecule has 0 aliphatic carbocycles. The van der Waals surface area contributed by atoms with Crippen molar-refractivity contribution in [1.82, 2.24) is 10.1 Å². The second-order valence-corrected chi connectivity index (χ2v) is 6.50. The molecule has 134 valence electrons. The van der Waals surface area contributed by atoms with Crippen LogP contribution in [0, 0.1) is 40.4 Å². The average Bonchev–Trinajstić information content (AvgIpc) is 3.07. The normalized spacial score (nSPS) is 11.0. The van der Waals surface area contributed by atoms with Gasteiger partial charge in [-0.15, -0.1) is 0 Å². The third kappa shape index (κ3) is 2.87. The molecule has 0 amide bonds. The summed E-state index contributed by atoms with van der Waals surface area (Å²) in [5, 5.41) is 13.1. The van der Waals surface area contributed by atoms with Crippen molar-refractivity contribution in [3.63, 3.8) is 0 Å². The molecule has 5 nitrogen and oxygen atoms in total. The van der Waals surface area contributed by atoms with Crippen molar-refractivity contribution in [2.24, 2.45) is 0 Å². The fourth-order valence-electron chi connectivity index (χ4n) is 3.00. The minimum atomic E-state index is -1.04. The van der Waals surface area contributed by atoms with Gasteiger partial charge in [0.25, 0.3) is 5.89 Å². The summed E-state index contributed by atoms with van der Waals surface area (Å²) in [7, 11) is 0. The molecule has 0 atom stereocenters. The third-order valence-corrected chi connectivity index (χ3v) is 4.83. The number of carboxylic acids is 1. The Bertz CT molecular complexity index is 1010. The van der Waals surface area contributed by atoms with Crippen molar-refractivity contribution in [2.75, 3.05) is 0 Å². The van der Waals surface area contributed by atoms with E-state index >= 15 is 0 Å². The summed E-state index contributed by atoms with van der Waals surface area (Å²) in [6, 6.07) is 4.79. The van der Waals surface area contributed by atoms with Crippen LogP contribution in [0.5, 0.6) is 0 Å². The number of aryl methyl sites for hydroxylation is 1. The Morgan fingerprint density at radius 1 is 1.00 bits per heavy atom. The SMILES string of the molecule is Cc1cc(C(=O)O)cc(-c2noc(-c3c(C)c(C)c(C)c(C)c3F)n2)c1. The van der Waals surface area contributed by atoms with Crippen LogP contribution in [0.4, 0.5) is 4.39 Å². The lowest BCUT2D eigenvalue weighted by Crippen LogP contribution is -2.00. The number of hydrogen-bond donors (Lipinski definition) is 1. The Labute approximate surface area is 150 Å². The monoisotopic (exact) mass is 354 g/mol. The van der Waals surface area contributed by atoms with E-state index in [0.29, 0.717) is 11.1 Å². The molecule has 6 heteroatoms. The maximum atomic E-state index is 14.8. The predicted molar refractivity (Wildman–Crippen MR) is 95.8 cm³/mol. The van der Waals surface area contributed by atoms with E-state index in [4.69, 9.17) is 4.52 Å². The molecule has 0 spiro atoms. The van der Waals surface area contributed by atoms with E-state index in [1.165, 1.54) is 6.07 Å². The quantitative estimate of drug-likeness (QED) is 0.732. The van der Waals surface area contributed by atoms with Gasteiger partial charge in [-0.1, -0.05) is 5.16 Å². The van der Waals surface area contributed by atoms with Gasteiger partial charge in [0, 0.05) is 5.56 Å². The third-order valence-electron chi connectivity index (χ3n) is 4.83. The van der Waals surface area contributed by atoms with Crippen molar-refractivity contribution in [3.05, 3.63) is 57.4 Å². The lowest BCUT2D eigenvalue weighted by molar-refractivity contribution is 0.0697. The van der Waals surface area contributed by atoms with Gasteiger partial charge < -0.3 is 9.63 Å². The van der Waals surface area contributed by atoms with Crippen molar-refractivity contribution in [2.45, 2.75) is 34.6 Å². The molecule has 0 saturated carbocycles. The molecule has 0 aliphatic rings. The van der Waals surface area contributed by atoms with E-state index < -0.39 is 5.97 Å². The minimum Gasteiger partial charge on any atom is -0.478 e. The largest absolute Gasteiger partial charge is 0.478 e. The molecule has 0 bridgehead atoms. The number of rotatable bonds is 3. The van der Waals surface area contributed by atoms with Gasteiger partial charge in [0.05, 0.1) is 11.1 Å². The molecule has 3 rings (SSSR count). The molecule has 0 aliphatic heterocycles. The number of aromatic carboxylic acids is 1. The Balaban J connectivity index is 2.15. The van der Waals surface area contributed by atoms with Crippen LogP contribution in [0.25, 0.3) is 22.8 Å². The van der Waals surface area contributed by atoms with Crippen molar-refractivity contribution < 1.29 is 18.8 Å². The van der Waals surface area contributed by atoms with E-state index in [1.807, 2.05) is 20.8 Å². The first-order valence-corrected chi connectivity index (χ1v) is 8.16. The molecular formula is C20H19FN2O3. The molecule has 0 fully saturated rings. The number of nitrogens with zero attached hydrogens (tertiary/aromatic N) is 2. The van der Waals surface area contributed by atoms with E-state index in [0.717, 1.165) is 22.3 Å². The highest BCUT2D eigenvalue weighted by Gasteiger charge is 2.22. The number of halogens is 1. The lowest BCUT2D eigenvalue weighted by atomic mass is 9.93. The first kappa shape index (κ1) is 17.8. The van der Waals surface area contributed by atoms with Crippen LogP contribution in [-0.4, -0.2) is 21.2 Å². The van der Waals surface area contributed by atoms with Crippen molar-refractivity contribution >= 4 is 5.97 Å².